The summed E-state index contributed by atoms with van der Waals surface area (Å²) in [6, 6.07) is 2.02. The van der Waals surface area contributed by atoms with Crippen LogP contribution in [-0.4, -0.2) is 13.8 Å². The zero-order chi connectivity index (χ0) is 17.1. The first-order valence-electron chi connectivity index (χ1n) is 8.45. The van der Waals surface area contributed by atoms with E-state index in [1.807, 2.05) is 33.9 Å². The van der Waals surface area contributed by atoms with Crippen molar-refractivity contribution in [3.63, 3.8) is 0 Å². The third kappa shape index (κ3) is 6.51. The number of nitrogens with zero attached hydrogens (tertiary/aromatic N) is 1. The molecule has 22 heavy (non-hydrogen) atoms. The molecule has 0 aliphatic heterocycles. The van der Waals surface area contributed by atoms with Gasteiger partial charge in [-0.2, -0.15) is 0 Å². The Kier molecular flexibility index (Phi) is 11.3. The van der Waals surface area contributed by atoms with Crippen molar-refractivity contribution >= 4 is 34.0 Å². The average molecular weight is 369 g/mol. The molecule has 0 amide bonds. The van der Waals surface area contributed by atoms with Crippen LogP contribution in [0, 0.1) is 19.8 Å². The van der Waals surface area contributed by atoms with Crippen molar-refractivity contribution in [3.8, 4) is 0 Å². The molecule has 0 heterocycles. The molecule has 0 atom stereocenters. The zero-order valence-corrected chi connectivity index (χ0v) is 16.8. The number of nitrogens with one attached hydrogen (secondary N) is 1. The van der Waals surface area contributed by atoms with Crippen LogP contribution >= 0.6 is 15.9 Å². The predicted octanol–water partition coefficient (Wildman–Crippen LogP) is 7.05. The van der Waals surface area contributed by atoms with Gasteiger partial charge in [-0.25, -0.2) is 0 Å². The fourth-order valence-corrected chi connectivity index (χ4v) is 3.09. The largest absolute Gasteiger partial charge is 0.386 e. The number of halogens is 1. The van der Waals surface area contributed by atoms with Gasteiger partial charge in [-0.05, 0) is 43.7 Å². The van der Waals surface area contributed by atoms with Gasteiger partial charge in [0.05, 0.1) is 11.4 Å². The summed E-state index contributed by atoms with van der Waals surface area (Å²) in [6.45, 7) is 14.0. The maximum atomic E-state index is 4.01. The van der Waals surface area contributed by atoms with Crippen LogP contribution in [0.15, 0.2) is 15.5 Å². The van der Waals surface area contributed by atoms with Gasteiger partial charge in [0.2, 0.25) is 0 Å². The molecular formula is C19H33BrN2. The topological polar surface area (TPSA) is 24.4 Å². The van der Waals surface area contributed by atoms with Gasteiger partial charge in [-0.3, -0.25) is 4.99 Å². The summed E-state index contributed by atoms with van der Waals surface area (Å²) in [4.78, 5) is 4.01. The molecule has 1 aromatic rings. The molecule has 0 unspecified atom stereocenters. The predicted molar refractivity (Wildman–Crippen MR) is 106 cm³/mol. The third-order valence-corrected chi connectivity index (χ3v) is 4.95. The lowest BCUT2D eigenvalue weighted by Crippen LogP contribution is -1.99. The van der Waals surface area contributed by atoms with E-state index in [0.717, 1.165) is 27.3 Å². The lowest BCUT2D eigenvalue weighted by molar-refractivity contribution is 0.385. The number of aliphatic imine (C=N–C) groups is 1. The van der Waals surface area contributed by atoms with Gasteiger partial charge in [0.25, 0.3) is 0 Å². The maximum absolute atomic E-state index is 4.01. The molecular weight excluding hydrogens is 336 g/mol. The quantitative estimate of drug-likeness (QED) is 0.555. The molecule has 126 valence electrons. The van der Waals surface area contributed by atoms with Crippen LogP contribution in [0.5, 0.6) is 0 Å². The number of hydrogen-bond donors (Lipinski definition) is 1. The molecule has 0 bridgehead atoms. The third-order valence-electron chi connectivity index (χ3n) is 4.12. The van der Waals surface area contributed by atoms with Gasteiger partial charge in [0.15, 0.2) is 0 Å². The Bertz CT molecular complexity index is 449. The summed E-state index contributed by atoms with van der Waals surface area (Å²) in [5.41, 5.74) is 4.31. The molecule has 1 fully saturated rings. The monoisotopic (exact) mass is 368 g/mol. The van der Waals surface area contributed by atoms with Gasteiger partial charge in [-0.15, -0.1) is 0 Å². The van der Waals surface area contributed by atoms with Crippen LogP contribution in [0.1, 0.15) is 64.0 Å². The van der Waals surface area contributed by atoms with Crippen molar-refractivity contribution in [1.82, 2.24) is 0 Å². The highest BCUT2D eigenvalue weighted by Gasteiger charge is 2.08. The van der Waals surface area contributed by atoms with Gasteiger partial charge in [0, 0.05) is 11.5 Å². The molecule has 0 saturated heterocycles. The summed E-state index contributed by atoms with van der Waals surface area (Å²) < 4.78 is 1.10. The summed E-state index contributed by atoms with van der Waals surface area (Å²) in [5.74, 6) is 1.04. The van der Waals surface area contributed by atoms with Gasteiger partial charge < -0.3 is 5.32 Å². The minimum atomic E-state index is 0.934. The summed E-state index contributed by atoms with van der Waals surface area (Å²) >= 11 is 3.50. The molecule has 1 aliphatic rings. The van der Waals surface area contributed by atoms with Crippen molar-refractivity contribution in [2.75, 3.05) is 12.4 Å². The van der Waals surface area contributed by atoms with Crippen LogP contribution < -0.4 is 5.32 Å². The summed E-state index contributed by atoms with van der Waals surface area (Å²) in [7, 11) is 1.88. The Labute approximate surface area is 145 Å². The van der Waals surface area contributed by atoms with Crippen LogP contribution in [0.3, 0.4) is 0 Å². The van der Waals surface area contributed by atoms with Crippen molar-refractivity contribution in [1.29, 1.82) is 0 Å². The van der Waals surface area contributed by atoms with E-state index in [1.54, 1.807) is 0 Å². The molecule has 0 aromatic heterocycles. The number of anilines is 1. The standard InChI is InChI=1S/C10H13BrN2.C7H14.C2H6/c1-6-7(2)10(13-4)9(12-3)5-8(6)11;1-7-5-3-2-4-6-7;1-2/h5,12H,4H2,1-3H3;7H,2-6H2,1H3;1-2H3. The Morgan fingerprint density at radius 2 is 1.68 bits per heavy atom. The van der Waals surface area contributed by atoms with E-state index in [0.29, 0.717) is 0 Å². The molecule has 1 saturated carbocycles. The summed E-state index contributed by atoms with van der Waals surface area (Å²) in [5, 5.41) is 3.09. The first-order chi connectivity index (χ1) is 10.5. The molecule has 0 radical (unpaired) electrons. The molecule has 2 nitrogen and oxygen atoms in total. The number of benzene rings is 1. The van der Waals surface area contributed by atoms with Gasteiger partial charge in [0.1, 0.15) is 0 Å². The molecule has 3 heteroatoms. The average Bonchev–Trinajstić information content (AvgIpc) is 2.55. The van der Waals surface area contributed by atoms with Gasteiger partial charge in [-0.1, -0.05) is 68.8 Å². The van der Waals surface area contributed by atoms with E-state index in [1.165, 1.54) is 37.7 Å². The SMILES string of the molecule is C=Nc1c(NC)cc(Br)c(C)c1C.CC.CC1CCCCC1. The molecule has 1 N–H and O–H groups in total. The maximum Gasteiger partial charge on any atom is 0.0886 e. The normalized spacial score (nSPS) is 14.1. The second kappa shape index (κ2) is 11.7. The lowest BCUT2D eigenvalue weighted by atomic mass is 9.91. The zero-order valence-electron chi connectivity index (χ0n) is 15.2. The molecule has 2 rings (SSSR count). The Balaban J connectivity index is 0.000000412. The Hall–Kier alpha value is -0.830. The van der Waals surface area contributed by atoms with E-state index >= 15 is 0 Å². The van der Waals surface area contributed by atoms with Crippen molar-refractivity contribution < 1.29 is 0 Å². The van der Waals surface area contributed by atoms with E-state index in [4.69, 9.17) is 0 Å². The van der Waals surface area contributed by atoms with Crippen LogP contribution in [0.25, 0.3) is 0 Å². The van der Waals surface area contributed by atoms with Crippen LogP contribution in [-0.2, 0) is 0 Å². The van der Waals surface area contributed by atoms with Gasteiger partial charge >= 0.3 is 0 Å². The smallest absolute Gasteiger partial charge is 0.0886 e. The minimum Gasteiger partial charge on any atom is -0.386 e. The summed E-state index contributed by atoms with van der Waals surface area (Å²) in [6.07, 6.45) is 7.44. The van der Waals surface area contributed by atoms with Crippen LogP contribution in [0.4, 0.5) is 11.4 Å². The number of hydrogen-bond acceptors (Lipinski definition) is 2. The van der Waals surface area contributed by atoms with E-state index in [9.17, 15) is 0 Å². The first-order valence-corrected chi connectivity index (χ1v) is 9.24. The molecule has 0 spiro atoms. The highest BCUT2D eigenvalue weighted by Crippen LogP contribution is 2.35. The fraction of sp³-hybridized carbons (Fsp3) is 0.632. The fourth-order valence-electron chi connectivity index (χ4n) is 2.56. The number of rotatable bonds is 2. The molecule has 1 aliphatic carbocycles. The highest BCUT2D eigenvalue weighted by molar-refractivity contribution is 9.10. The van der Waals surface area contributed by atoms with E-state index in [-0.39, 0.29) is 0 Å². The van der Waals surface area contributed by atoms with Crippen molar-refractivity contribution in [3.05, 3.63) is 21.7 Å². The first kappa shape index (κ1) is 21.2. The Morgan fingerprint density at radius 3 is 2.05 bits per heavy atom. The van der Waals surface area contributed by atoms with E-state index < -0.39 is 0 Å². The lowest BCUT2D eigenvalue weighted by Gasteiger charge is -2.15. The van der Waals surface area contributed by atoms with E-state index in [2.05, 4.69) is 46.8 Å². The second-order valence-electron chi connectivity index (χ2n) is 5.66. The van der Waals surface area contributed by atoms with Crippen LogP contribution in [0.2, 0.25) is 0 Å². The minimum absolute atomic E-state index is 0.934. The highest BCUT2D eigenvalue weighted by atomic mass is 79.9. The molecule has 1 aromatic carbocycles. The van der Waals surface area contributed by atoms with Crippen molar-refractivity contribution in [2.45, 2.75) is 66.7 Å². The van der Waals surface area contributed by atoms with Crippen molar-refractivity contribution in [2.24, 2.45) is 10.9 Å². The Morgan fingerprint density at radius 1 is 1.14 bits per heavy atom. The second-order valence-corrected chi connectivity index (χ2v) is 6.51.